The van der Waals surface area contributed by atoms with Gasteiger partial charge in [-0.05, 0) is 36.2 Å². The summed E-state index contributed by atoms with van der Waals surface area (Å²) >= 11 is 3.38. The molecule has 176 valence electrons. The summed E-state index contributed by atoms with van der Waals surface area (Å²) in [6.07, 6.45) is 0.480. The molecule has 2 heterocycles. The second-order valence-corrected chi connectivity index (χ2v) is 12.9. The van der Waals surface area contributed by atoms with Crippen molar-refractivity contribution in [1.82, 2.24) is 15.2 Å². The van der Waals surface area contributed by atoms with Gasteiger partial charge in [0.15, 0.2) is 0 Å². The van der Waals surface area contributed by atoms with E-state index < -0.39 is 22.0 Å². The van der Waals surface area contributed by atoms with Gasteiger partial charge in [-0.1, -0.05) is 30.3 Å². The van der Waals surface area contributed by atoms with E-state index in [1.54, 1.807) is 35.7 Å². The van der Waals surface area contributed by atoms with Crippen molar-refractivity contribution >= 4 is 45.4 Å². The van der Waals surface area contributed by atoms with E-state index in [0.717, 1.165) is 17.1 Å². The van der Waals surface area contributed by atoms with Crippen LogP contribution in [0.2, 0.25) is 0 Å². The lowest BCUT2D eigenvalue weighted by molar-refractivity contribution is -0.130. The third-order valence-electron chi connectivity index (χ3n) is 5.56. The molecule has 0 aliphatic carbocycles. The van der Waals surface area contributed by atoms with Crippen molar-refractivity contribution in [3.63, 3.8) is 0 Å². The maximum Gasteiger partial charge on any atom is 0.256 e. The third kappa shape index (κ3) is 5.32. The van der Waals surface area contributed by atoms with Crippen molar-refractivity contribution in [2.24, 2.45) is 0 Å². The number of nitrogens with one attached hydrogen (secondary N) is 2. The smallest absolute Gasteiger partial charge is 0.256 e. The fourth-order valence-electron chi connectivity index (χ4n) is 3.91. The van der Waals surface area contributed by atoms with E-state index in [4.69, 9.17) is 4.74 Å². The van der Waals surface area contributed by atoms with Crippen LogP contribution in [0.1, 0.15) is 12.0 Å². The minimum Gasteiger partial charge on any atom is -0.497 e. The van der Waals surface area contributed by atoms with Gasteiger partial charge in [0.05, 0.1) is 22.5 Å². The predicted molar refractivity (Wildman–Crippen MR) is 129 cm³/mol. The Morgan fingerprint density at radius 3 is 2.36 bits per heavy atom. The molecule has 0 radical (unpaired) electrons. The number of methoxy groups -OCH3 is 1. The van der Waals surface area contributed by atoms with E-state index in [1.165, 1.54) is 23.5 Å². The van der Waals surface area contributed by atoms with Crippen LogP contribution in [-0.4, -0.2) is 59.8 Å². The Bertz CT molecular complexity index is 1100. The molecule has 0 aromatic heterocycles. The number of hydrogen-bond donors (Lipinski definition) is 2. The van der Waals surface area contributed by atoms with Gasteiger partial charge in [-0.3, -0.25) is 20.4 Å². The summed E-state index contributed by atoms with van der Waals surface area (Å²) in [7, 11) is -2.42. The summed E-state index contributed by atoms with van der Waals surface area (Å²) in [6, 6.07) is 14.3. The van der Waals surface area contributed by atoms with Gasteiger partial charge in [0.25, 0.3) is 5.91 Å². The van der Waals surface area contributed by atoms with Crippen LogP contribution in [0.15, 0.2) is 59.5 Å². The van der Waals surface area contributed by atoms with Crippen molar-refractivity contribution in [3.05, 3.63) is 60.2 Å². The molecule has 11 heteroatoms. The Balaban J connectivity index is 1.50. The van der Waals surface area contributed by atoms with E-state index in [-0.39, 0.29) is 27.8 Å². The third-order valence-corrected chi connectivity index (χ3v) is 10.9. The Morgan fingerprint density at radius 1 is 1.06 bits per heavy atom. The summed E-state index contributed by atoms with van der Waals surface area (Å²) in [6.45, 7) is 0.229. The van der Waals surface area contributed by atoms with Crippen LogP contribution in [0, 0.1) is 0 Å². The van der Waals surface area contributed by atoms with E-state index in [2.05, 4.69) is 10.9 Å². The van der Waals surface area contributed by atoms with Crippen molar-refractivity contribution in [3.8, 4) is 5.75 Å². The van der Waals surface area contributed by atoms with Crippen molar-refractivity contribution < 1.29 is 22.7 Å². The first kappa shape index (κ1) is 23.9. The van der Waals surface area contributed by atoms with Crippen LogP contribution in [0.25, 0.3) is 0 Å². The van der Waals surface area contributed by atoms with Crippen LogP contribution in [0.4, 0.5) is 0 Å². The molecule has 1 atom stereocenters. The molecular formula is C22H25N3O5S3. The van der Waals surface area contributed by atoms with E-state index >= 15 is 0 Å². The Kier molecular flexibility index (Phi) is 7.22. The van der Waals surface area contributed by atoms with Gasteiger partial charge in [0.2, 0.25) is 15.9 Å². The Hall–Kier alpha value is -2.21. The lowest BCUT2D eigenvalue weighted by Crippen LogP contribution is -2.51. The van der Waals surface area contributed by atoms with E-state index in [9.17, 15) is 18.0 Å². The number of ether oxygens (including phenoxy) is 1. The minimum absolute atomic E-state index is 0.0965. The second kappa shape index (κ2) is 9.96. The molecule has 2 aliphatic heterocycles. The number of rotatable bonds is 6. The monoisotopic (exact) mass is 507 g/mol. The highest BCUT2D eigenvalue weighted by atomic mass is 32.2. The standard InChI is InChI=1S/C22H25N3O5S3/c1-30-17-7-9-18(10-8-17)33(28,29)25-15-22(31-11-12-32-22)14-19(25)21(27)24-23-20(26)13-16-5-3-2-4-6-16/h2-10,19H,11-15H2,1H3,(H,23,26)(H,24,27)/t19-/m0/s1. The largest absolute Gasteiger partial charge is 0.497 e. The molecule has 0 bridgehead atoms. The van der Waals surface area contributed by atoms with Gasteiger partial charge in [0, 0.05) is 18.1 Å². The van der Waals surface area contributed by atoms with Gasteiger partial charge < -0.3 is 4.74 Å². The molecular weight excluding hydrogens is 482 g/mol. The quantitative estimate of drug-likeness (QED) is 0.577. The molecule has 1 spiro atoms. The van der Waals surface area contributed by atoms with E-state index in [1.807, 2.05) is 30.3 Å². The molecule has 2 aromatic rings. The molecule has 2 saturated heterocycles. The zero-order valence-corrected chi connectivity index (χ0v) is 20.5. The van der Waals surface area contributed by atoms with Gasteiger partial charge in [-0.25, -0.2) is 8.42 Å². The molecule has 2 N–H and O–H groups in total. The maximum atomic E-state index is 13.5. The van der Waals surface area contributed by atoms with Crippen LogP contribution >= 0.6 is 23.5 Å². The first-order valence-electron chi connectivity index (χ1n) is 10.4. The van der Waals surface area contributed by atoms with Gasteiger partial charge in [0.1, 0.15) is 11.8 Å². The SMILES string of the molecule is COc1ccc(S(=O)(=O)N2CC3(C[C@H]2C(=O)NNC(=O)Cc2ccccc2)SCCS3)cc1. The number of hydrogen-bond acceptors (Lipinski definition) is 7. The molecule has 33 heavy (non-hydrogen) atoms. The minimum atomic E-state index is -3.93. The number of carbonyl (C=O) groups is 2. The number of amides is 2. The van der Waals surface area contributed by atoms with Gasteiger partial charge in [-0.2, -0.15) is 4.31 Å². The van der Waals surface area contributed by atoms with Crippen LogP contribution in [-0.2, 0) is 26.0 Å². The number of nitrogens with zero attached hydrogens (tertiary/aromatic N) is 1. The van der Waals surface area contributed by atoms with Crippen molar-refractivity contribution in [2.45, 2.75) is 27.9 Å². The summed E-state index contributed by atoms with van der Waals surface area (Å²) in [4.78, 5) is 25.4. The Labute approximate surface area is 201 Å². The molecule has 2 amide bonds. The average Bonchev–Trinajstić information content (AvgIpc) is 3.45. The zero-order valence-electron chi connectivity index (χ0n) is 18.0. The Morgan fingerprint density at radius 2 is 1.73 bits per heavy atom. The fourth-order valence-corrected chi connectivity index (χ4v) is 8.98. The molecule has 0 unspecified atom stereocenters. The highest BCUT2D eigenvalue weighted by molar-refractivity contribution is 8.21. The molecule has 2 aliphatic rings. The highest BCUT2D eigenvalue weighted by Crippen LogP contribution is 2.52. The number of thioether (sulfide) groups is 2. The fraction of sp³-hybridized carbons (Fsp3) is 0.364. The zero-order chi connectivity index (χ0) is 23.5. The normalized spacial score (nSPS) is 20.0. The maximum absolute atomic E-state index is 13.5. The highest BCUT2D eigenvalue weighted by Gasteiger charge is 2.53. The lowest BCUT2D eigenvalue weighted by Gasteiger charge is -2.24. The molecule has 0 saturated carbocycles. The van der Waals surface area contributed by atoms with Gasteiger partial charge >= 0.3 is 0 Å². The van der Waals surface area contributed by atoms with Crippen LogP contribution in [0.5, 0.6) is 5.75 Å². The second-order valence-electron chi connectivity index (χ2n) is 7.75. The summed E-state index contributed by atoms with van der Waals surface area (Å²) in [5, 5.41) is 0. The van der Waals surface area contributed by atoms with Crippen LogP contribution in [0.3, 0.4) is 0 Å². The van der Waals surface area contributed by atoms with Crippen molar-refractivity contribution in [2.75, 3.05) is 25.2 Å². The molecule has 4 rings (SSSR count). The summed E-state index contributed by atoms with van der Waals surface area (Å²) < 4.78 is 33.0. The van der Waals surface area contributed by atoms with Crippen LogP contribution < -0.4 is 15.6 Å². The first-order valence-corrected chi connectivity index (χ1v) is 13.8. The molecule has 2 fully saturated rings. The number of benzene rings is 2. The number of hydrazine groups is 1. The lowest BCUT2D eigenvalue weighted by atomic mass is 10.1. The molecule has 8 nitrogen and oxygen atoms in total. The first-order chi connectivity index (χ1) is 15.8. The topological polar surface area (TPSA) is 105 Å². The van der Waals surface area contributed by atoms with Gasteiger partial charge in [-0.15, -0.1) is 23.5 Å². The summed E-state index contributed by atoms with van der Waals surface area (Å²) in [5.41, 5.74) is 5.67. The molecule has 2 aromatic carbocycles. The number of sulfonamides is 1. The number of carbonyl (C=O) groups excluding carboxylic acids is 2. The van der Waals surface area contributed by atoms with Crippen molar-refractivity contribution in [1.29, 1.82) is 0 Å². The summed E-state index contributed by atoms with van der Waals surface area (Å²) in [5.74, 6) is 1.44. The average molecular weight is 508 g/mol. The van der Waals surface area contributed by atoms with E-state index in [0.29, 0.717) is 12.2 Å². The predicted octanol–water partition coefficient (Wildman–Crippen LogP) is 2.02.